The lowest BCUT2D eigenvalue weighted by Gasteiger charge is -1.90. The van der Waals surface area contributed by atoms with Crippen molar-refractivity contribution in [3.05, 3.63) is 0 Å². The van der Waals surface area contributed by atoms with Gasteiger partial charge in [0.05, 0.1) is 0 Å². The Morgan fingerprint density at radius 1 is 0.667 bits per heavy atom. The van der Waals surface area contributed by atoms with Gasteiger partial charge in [-0.05, 0) is 21.1 Å². The molecule has 2 heteroatoms. The molecule has 0 aromatic carbocycles. The van der Waals surface area contributed by atoms with Gasteiger partial charge in [0.1, 0.15) is 0 Å². The van der Waals surface area contributed by atoms with Gasteiger partial charge < -0.3 is 10.0 Å². The summed E-state index contributed by atoms with van der Waals surface area (Å²) in [5.41, 5.74) is 0. The highest BCUT2D eigenvalue weighted by Crippen LogP contribution is 1.47. The van der Waals surface area contributed by atoms with Gasteiger partial charge in [0.15, 0.2) is 0 Å². The van der Waals surface area contributed by atoms with Crippen LogP contribution in [0.4, 0.5) is 0 Å². The van der Waals surface area contributed by atoms with E-state index < -0.39 is 0 Å². The molecular formula is C10H35NO. The van der Waals surface area contributed by atoms with Crippen molar-refractivity contribution in [2.75, 3.05) is 28.3 Å². The van der Waals surface area contributed by atoms with Crippen molar-refractivity contribution in [1.29, 1.82) is 0 Å². The molecule has 0 saturated carbocycles. The van der Waals surface area contributed by atoms with Gasteiger partial charge in [-0.2, -0.15) is 0 Å². The molecule has 86 valence electrons. The molecule has 0 unspecified atom stereocenters. The highest BCUT2D eigenvalue weighted by atomic mass is 16.2. The lowest BCUT2D eigenvalue weighted by Crippen LogP contribution is -1.99. The third-order valence-electron chi connectivity index (χ3n) is 0. The largest absolute Gasteiger partial charge is 0.400 e. The third kappa shape index (κ3) is 123000. The van der Waals surface area contributed by atoms with Crippen LogP contribution in [0, 0.1) is 0 Å². The summed E-state index contributed by atoms with van der Waals surface area (Å²) >= 11 is 0. The molecule has 0 aliphatic heterocycles. The van der Waals surface area contributed by atoms with E-state index in [1.807, 2.05) is 39.9 Å². The van der Waals surface area contributed by atoms with E-state index in [0.29, 0.717) is 0 Å². The fourth-order valence-corrected chi connectivity index (χ4v) is 0. The molecule has 1 N–H and O–H groups in total. The number of aliphatic hydroxyl groups excluding tert-OH is 1. The summed E-state index contributed by atoms with van der Waals surface area (Å²) in [6.07, 6.45) is 0. The Labute approximate surface area is 82.6 Å². The predicted octanol–water partition coefficient (Wildman–Crippen LogP) is 3.36. The van der Waals surface area contributed by atoms with Crippen LogP contribution in [-0.4, -0.2) is 38.3 Å². The highest BCUT2D eigenvalue weighted by Gasteiger charge is 1.58. The molecular weight excluding hydrogens is 150 g/mol. The van der Waals surface area contributed by atoms with Gasteiger partial charge in [-0.1, -0.05) is 43.6 Å². The number of hydrogen-bond donors (Lipinski definition) is 1. The molecule has 0 aliphatic carbocycles. The van der Waals surface area contributed by atoms with E-state index in [4.69, 9.17) is 5.11 Å². The van der Waals surface area contributed by atoms with Gasteiger partial charge in [0.2, 0.25) is 0 Å². The van der Waals surface area contributed by atoms with E-state index in [2.05, 4.69) is 0 Å². The van der Waals surface area contributed by atoms with Crippen molar-refractivity contribution in [2.24, 2.45) is 0 Å². The Morgan fingerprint density at radius 3 is 0.667 bits per heavy atom. The maximum Gasteiger partial charge on any atom is 0.0319 e. The van der Waals surface area contributed by atoms with Gasteiger partial charge in [0, 0.05) is 7.11 Å². The standard InChI is InChI=1S/C3H9N.C2H6.CH4O.4CH4/c1-4(2)3;2*1-2;;;;/h1-3H3;1-2H3;2H,1H3;4*1H4. The van der Waals surface area contributed by atoms with Crippen molar-refractivity contribution in [2.45, 2.75) is 43.6 Å². The summed E-state index contributed by atoms with van der Waals surface area (Å²) in [6.45, 7) is 4.00. The van der Waals surface area contributed by atoms with Crippen LogP contribution in [-0.2, 0) is 0 Å². The first kappa shape index (κ1) is 58.7. The molecule has 0 aromatic heterocycles. The normalized spacial score (nSPS) is 4.00. The van der Waals surface area contributed by atoms with E-state index in [1.54, 1.807) is 0 Å². The van der Waals surface area contributed by atoms with Crippen LogP contribution in [0.2, 0.25) is 0 Å². The van der Waals surface area contributed by atoms with Crippen molar-refractivity contribution >= 4 is 0 Å². The summed E-state index contributed by atoms with van der Waals surface area (Å²) < 4.78 is 0. The smallest absolute Gasteiger partial charge is 0.0319 e. The van der Waals surface area contributed by atoms with Crippen LogP contribution in [0.15, 0.2) is 0 Å². The number of aliphatic hydroxyl groups is 1. The second kappa shape index (κ2) is 126. The highest BCUT2D eigenvalue weighted by molar-refractivity contribution is 4.09. The zero-order valence-electron chi connectivity index (χ0n) is 6.89. The minimum atomic E-state index is 0. The molecule has 12 heavy (non-hydrogen) atoms. The molecule has 0 saturated heterocycles. The number of nitrogens with zero attached hydrogens (tertiary/aromatic N) is 1. The van der Waals surface area contributed by atoms with Gasteiger partial charge in [-0.15, -0.1) is 0 Å². The zero-order valence-corrected chi connectivity index (χ0v) is 6.89. The summed E-state index contributed by atoms with van der Waals surface area (Å²) in [4.78, 5) is 2.00. The SMILES string of the molecule is C.C.C.C.CC.CN(C)C.CO. The third-order valence-corrected chi connectivity index (χ3v) is 0. The Bertz CT molecular complexity index is 14.6. The number of rotatable bonds is 0. The maximum absolute atomic E-state index is 7.00. The first-order chi connectivity index (χ1) is 3.73. The molecule has 0 amide bonds. The van der Waals surface area contributed by atoms with E-state index in [1.165, 1.54) is 0 Å². The summed E-state index contributed by atoms with van der Waals surface area (Å²) in [5, 5.41) is 7.00. The molecule has 0 aliphatic rings. The minimum Gasteiger partial charge on any atom is -0.400 e. The lowest BCUT2D eigenvalue weighted by atomic mass is 11.0. The van der Waals surface area contributed by atoms with Gasteiger partial charge in [0.25, 0.3) is 0 Å². The van der Waals surface area contributed by atoms with Crippen LogP contribution in [0.3, 0.4) is 0 Å². The molecule has 0 fully saturated rings. The molecule has 0 aromatic rings. The van der Waals surface area contributed by atoms with Crippen molar-refractivity contribution < 1.29 is 5.11 Å². The second-order valence-electron chi connectivity index (χ2n) is 1.34. The topological polar surface area (TPSA) is 23.5 Å². The average molecular weight is 185 g/mol. The van der Waals surface area contributed by atoms with Crippen LogP contribution in [0.25, 0.3) is 0 Å². The molecule has 0 radical (unpaired) electrons. The van der Waals surface area contributed by atoms with E-state index in [-0.39, 0.29) is 29.7 Å². The Kier molecular flexibility index (Phi) is 617. The van der Waals surface area contributed by atoms with Crippen LogP contribution in [0.5, 0.6) is 0 Å². The molecule has 0 bridgehead atoms. The zero-order chi connectivity index (χ0) is 7.58. The fourth-order valence-electron chi connectivity index (χ4n) is 0. The lowest BCUT2D eigenvalue weighted by molar-refractivity contribution is 0.399. The second-order valence-corrected chi connectivity index (χ2v) is 1.34. The van der Waals surface area contributed by atoms with Gasteiger partial charge in [-0.25, -0.2) is 0 Å². The first-order valence-corrected chi connectivity index (χ1v) is 2.79. The summed E-state index contributed by atoms with van der Waals surface area (Å²) in [7, 11) is 7.00. The molecule has 0 atom stereocenters. The van der Waals surface area contributed by atoms with Crippen molar-refractivity contribution in [1.82, 2.24) is 4.90 Å². The average Bonchev–Trinajstić information content (AvgIpc) is 1.75. The molecule has 0 rings (SSSR count). The monoisotopic (exact) mass is 185 g/mol. The first-order valence-electron chi connectivity index (χ1n) is 2.79. The van der Waals surface area contributed by atoms with Gasteiger partial charge >= 0.3 is 0 Å². The Hall–Kier alpha value is -0.0800. The van der Waals surface area contributed by atoms with Gasteiger partial charge in [-0.3, -0.25) is 0 Å². The molecule has 2 nitrogen and oxygen atoms in total. The Balaban J connectivity index is -0.00000000575. The Morgan fingerprint density at radius 2 is 0.667 bits per heavy atom. The van der Waals surface area contributed by atoms with Crippen LogP contribution >= 0.6 is 0 Å². The molecule has 0 spiro atoms. The minimum absolute atomic E-state index is 0. The quantitative estimate of drug-likeness (QED) is 0.625. The van der Waals surface area contributed by atoms with Crippen LogP contribution < -0.4 is 0 Å². The van der Waals surface area contributed by atoms with E-state index in [9.17, 15) is 0 Å². The maximum atomic E-state index is 7.00. The van der Waals surface area contributed by atoms with Crippen molar-refractivity contribution in [3.8, 4) is 0 Å². The van der Waals surface area contributed by atoms with E-state index >= 15 is 0 Å². The fraction of sp³-hybridized carbons (Fsp3) is 1.00. The molecule has 0 heterocycles. The van der Waals surface area contributed by atoms with Crippen LogP contribution in [0.1, 0.15) is 43.6 Å². The summed E-state index contributed by atoms with van der Waals surface area (Å²) in [5.74, 6) is 0. The summed E-state index contributed by atoms with van der Waals surface area (Å²) in [6, 6.07) is 0. The number of hydrogen-bond acceptors (Lipinski definition) is 2. The van der Waals surface area contributed by atoms with E-state index in [0.717, 1.165) is 7.11 Å². The van der Waals surface area contributed by atoms with Crippen molar-refractivity contribution in [3.63, 3.8) is 0 Å². The predicted molar refractivity (Wildman–Crippen MR) is 66.0 cm³/mol.